The molecule has 1 aromatic carbocycles. The van der Waals surface area contributed by atoms with Crippen molar-refractivity contribution in [2.75, 3.05) is 25.0 Å². The van der Waals surface area contributed by atoms with Gasteiger partial charge in [0.05, 0.1) is 24.4 Å². The Bertz CT molecular complexity index is 1500. The van der Waals surface area contributed by atoms with E-state index >= 15 is 0 Å². The number of fused-ring (bicyclic) bond motifs is 2. The number of nitrogens with zero attached hydrogens (tertiary/aromatic N) is 6. The van der Waals surface area contributed by atoms with E-state index in [-0.39, 0.29) is 11.6 Å². The largest absolute Gasteiger partial charge is 0.372 e. The fourth-order valence-electron chi connectivity index (χ4n) is 5.11. The summed E-state index contributed by atoms with van der Waals surface area (Å²) in [7, 11) is 0. The molecule has 10 heteroatoms. The van der Waals surface area contributed by atoms with Crippen molar-refractivity contribution in [2.45, 2.75) is 44.9 Å². The van der Waals surface area contributed by atoms with Gasteiger partial charge in [-0.2, -0.15) is 0 Å². The lowest BCUT2D eigenvalue weighted by Gasteiger charge is -2.27. The van der Waals surface area contributed by atoms with Gasteiger partial charge in [-0.1, -0.05) is 6.07 Å². The summed E-state index contributed by atoms with van der Waals surface area (Å²) in [6, 6.07) is 7.31. The third-order valence-corrected chi connectivity index (χ3v) is 7.09. The molecular formula is C26H25F2N7O. The summed E-state index contributed by atoms with van der Waals surface area (Å²) in [5, 5.41) is 3.10. The number of pyridine rings is 1. The Balaban J connectivity index is 1.17. The molecular weight excluding hydrogens is 464 g/mol. The van der Waals surface area contributed by atoms with Gasteiger partial charge in [-0.15, -0.1) is 0 Å². The zero-order valence-electron chi connectivity index (χ0n) is 19.8. The van der Waals surface area contributed by atoms with Gasteiger partial charge in [-0.3, -0.25) is 4.90 Å². The van der Waals surface area contributed by atoms with Crippen LogP contribution < -0.4 is 5.32 Å². The fraction of sp³-hybridized carbons (Fsp3) is 0.385. The van der Waals surface area contributed by atoms with Crippen molar-refractivity contribution in [1.82, 2.24) is 29.4 Å². The number of benzene rings is 1. The van der Waals surface area contributed by atoms with Crippen LogP contribution in [0.4, 0.5) is 20.5 Å². The number of aromatic nitrogens is 5. The molecule has 3 aromatic heterocycles. The highest BCUT2D eigenvalue weighted by Crippen LogP contribution is 2.40. The second-order valence-electron chi connectivity index (χ2n) is 9.84. The molecule has 1 atom stereocenters. The van der Waals surface area contributed by atoms with Crippen LogP contribution >= 0.6 is 0 Å². The average Bonchev–Trinajstić information content (AvgIpc) is 3.80. The Morgan fingerprint density at radius 3 is 2.78 bits per heavy atom. The molecule has 36 heavy (non-hydrogen) atoms. The molecule has 3 aliphatic rings. The molecule has 1 saturated carbocycles. The Morgan fingerprint density at radius 1 is 1.11 bits per heavy atom. The lowest BCUT2D eigenvalue weighted by molar-refractivity contribution is 0.224. The van der Waals surface area contributed by atoms with Crippen LogP contribution in [0.25, 0.3) is 22.3 Å². The number of imidazole rings is 1. The van der Waals surface area contributed by atoms with E-state index in [0.29, 0.717) is 34.6 Å². The summed E-state index contributed by atoms with van der Waals surface area (Å²) in [4.78, 5) is 20.0. The van der Waals surface area contributed by atoms with E-state index in [1.165, 1.54) is 11.6 Å². The number of epoxide rings is 1. The van der Waals surface area contributed by atoms with Gasteiger partial charge in [-0.25, -0.2) is 28.7 Å². The smallest absolute Gasteiger partial charge is 0.229 e. The van der Waals surface area contributed by atoms with Crippen LogP contribution in [0.15, 0.2) is 30.5 Å². The van der Waals surface area contributed by atoms with Crippen LogP contribution in [0.3, 0.4) is 0 Å². The van der Waals surface area contributed by atoms with Crippen LogP contribution in [-0.2, 0) is 17.7 Å². The third-order valence-electron chi connectivity index (χ3n) is 7.09. The third kappa shape index (κ3) is 4.00. The first-order chi connectivity index (χ1) is 17.5. The van der Waals surface area contributed by atoms with Gasteiger partial charge in [-0.05, 0) is 43.5 Å². The Kier molecular flexibility index (Phi) is 5.00. The SMILES string of the molecule is Cc1nc2c(F)cc(-c3nc(Nc4ccc5c(n4)CCN(C[C@H]4CO4)C5)ncc3F)cc2n1C1CC1. The molecule has 0 spiro atoms. The maximum Gasteiger partial charge on any atom is 0.229 e. The highest BCUT2D eigenvalue weighted by atomic mass is 19.1. The second-order valence-corrected chi connectivity index (χ2v) is 9.84. The molecule has 8 nitrogen and oxygen atoms in total. The van der Waals surface area contributed by atoms with Crippen LogP contribution in [-0.4, -0.2) is 55.2 Å². The lowest BCUT2D eigenvalue weighted by atomic mass is 10.1. The predicted molar refractivity (Wildman–Crippen MR) is 130 cm³/mol. The molecule has 2 aliphatic heterocycles. The van der Waals surface area contributed by atoms with Crippen molar-refractivity contribution in [3.8, 4) is 11.3 Å². The van der Waals surface area contributed by atoms with Crippen molar-refractivity contribution in [3.63, 3.8) is 0 Å². The molecule has 1 aliphatic carbocycles. The monoisotopic (exact) mass is 489 g/mol. The van der Waals surface area contributed by atoms with E-state index < -0.39 is 11.6 Å². The molecule has 0 bridgehead atoms. The van der Waals surface area contributed by atoms with Gasteiger partial charge in [0.1, 0.15) is 22.9 Å². The molecule has 7 rings (SSSR count). The fourth-order valence-corrected chi connectivity index (χ4v) is 5.11. The van der Waals surface area contributed by atoms with E-state index in [9.17, 15) is 8.78 Å². The van der Waals surface area contributed by atoms with E-state index in [1.807, 2.05) is 17.6 Å². The summed E-state index contributed by atoms with van der Waals surface area (Å²) in [5.74, 6) is 0.447. The van der Waals surface area contributed by atoms with Crippen LogP contribution in [0.5, 0.6) is 0 Å². The molecule has 0 amide bonds. The molecule has 1 saturated heterocycles. The first kappa shape index (κ1) is 21.8. The second kappa shape index (κ2) is 8.28. The molecule has 0 unspecified atom stereocenters. The number of halogens is 2. The minimum Gasteiger partial charge on any atom is -0.372 e. The van der Waals surface area contributed by atoms with Gasteiger partial charge in [0, 0.05) is 43.4 Å². The van der Waals surface area contributed by atoms with Crippen molar-refractivity contribution in [2.24, 2.45) is 0 Å². The summed E-state index contributed by atoms with van der Waals surface area (Å²) < 4.78 is 37.2. The maximum absolute atomic E-state index is 15.0. The summed E-state index contributed by atoms with van der Waals surface area (Å²) in [5.41, 5.74) is 3.58. The number of nitrogens with one attached hydrogen (secondary N) is 1. The highest BCUT2D eigenvalue weighted by Gasteiger charge is 2.29. The Labute approximate surface area is 206 Å². The van der Waals surface area contributed by atoms with Gasteiger partial charge in [0.2, 0.25) is 5.95 Å². The number of rotatable bonds is 6. The number of hydrogen-bond acceptors (Lipinski definition) is 7. The minimum atomic E-state index is -0.619. The van der Waals surface area contributed by atoms with E-state index in [2.05, 4.69) is 31.2 Å². The van der Waals surface area contributed by atoms with Crippen molar-refractivity contribution < 1.29 is 13.5 Å². The highest BCUT2D eigenvalue weighted by molar-refractivity contribution is 5.83. The number of ether oxygens (including phenoxy) is 1. The number of anilines is 2. The average molecular weight is 490 g/mol. The predicted octanol–water partition coefficient (Wildman–Crippen LogP) is 4.31. The molecule has 2 fully saturated rings. The van der Waals surface area contributed by atoms with Crippen LogP contribution in [0.2, 0.25) is 0 Å². The molecule has 1 N–H and O–H groups in total. The summed E-state index contributed by atoms with van der Waals surface area (Å²) >= 11 is 0. The standard InChI is InChI=1S/C26H25F2N7O/c1-14-30-25-19(27)8-16(9-22(25)35(14)17-3-4-17)24-20(28)10-29-26(33-24)32-23-5-2-15-11-34(12-18-13-36-18)7-6-21(15)31-23/h2,5,8-10,17-18H,3-4,6-7,11-13H2,1H3,(H,29,31,32,33)/t18-/m0/s1. The van der Waals surface area contributed by atoms with Gasteiger partial charge in [0.15, 0.2) is 11.6 Å². The zero-order valence-corrected chi connectivity index (χ0v) is 19.8. The molecule has 5 heterocycles. The normalized spacial score (nSPS) is 19.5. The van der Waals surface area contributed by atoms with Gasteiger partial charge >= 0.3 is 0 Å². The molecule has 4 aromatic rings. The lowest BCUT2D eigenvalue weighted by Crippen LogP contribution is -2.34. The number of aryl methyl sites for hydroxylation is 1. The zero-order chi connectivity index (χ0) is 24.4. The first-order valence-electron chi connectivity index (χ1n) is 12.3. The van der Waals surface area contributed by atoms with Crippen molar-refractivity contribution in [1.29, 1.82) is 0 Å². The van der Waals surface area contributed by atoms with Gasteiger partial charge in [0.25, 0.3) is 0 Å². The van der Waals surface area contributed by atoms with E-state index in [0.717, 1.165) is 63.2 Å². The topological polar surface area (TPSA) is 84.3 Å². The van der Waals surface area contributed by atoms with Gasteiger partial charge < -0.3 is 14.6 Å². The van der Waals surface area contributed by atoms with Crippen molar-refractivity contribution >= 4 is 22.8 Å². The van der Waals surface area contributed by atoms with E-state index in [4.69, 9.17) is 9.72 Å². The summed E-state index contributed by atoms with van der Waals surface area (Å²) in [6.07, 6.45) is 4.40. The molecule has 0 radical (unpaired) electrons. The summed E-state index contributed by atoms with van der Waals surface area (Å²) in [6.45, 7) is 5.47. The number of hydrogen-bond donors (Lipinski definition) is 1. The quantitative estimate of drug-likeness (QED) is 0.404. The Morgan fingerprint density at radius 2 is 1.97 bits per heavy atom. The van der Waals surface area contributed by atoms with Crippen LogP contribution in [0, 0.1) is 18.6 Å². The van der Waals surface area contributed by atoms with Crippen molar-refractivity contribution in [3.05, 3.63) is 59.2 Å². The molecule has 184 valence electrons. The van der Waals surface area contributed by atoms with E-state index in [1.54, 1.807) is 6.07 Å². The maximum atomic E-state index is 15.0. The minimum absolute atomic E-state index is 0.0328. The first-order valence-corrected chi connectivity index (χ1v) is 12.3. The van der Waals surface area contributed by atoms with Crippen LogP contribution in [0.1, 0.15) is 36.0 Å². The Hall–Kier alpha value is -3.50.